The number of morpholine rings is 1. The van der Waals surface area contributed by atoms with Crippen LogP contribution in [0.1, 0.15) is 10.4 Å². The molecular formula is C15H18N4O4. The van der Waals surface area contributed by atoms with Crippen LogP contribution >= 0.6 is 0 Å². The molecule has 0 saturated carbocycles. The lowest BCUT2D eigenvalue weighted by atomic mass is 10.2. The summed E-state index contributed by atoms with van der Waals surface area (Å²) >= 11 is 0. The van der Waals surface area contributed by atoms with E-state index in [1.54, 1.807) is 18.2 Å². The lowest BCUT2D eigenvalue weighted by molar-refractivity contribution is 0.0383. The maximum Gasteiger partial charge on any atom is 0.314 e. The van der Waals surface area contributed by atoms with Gasteiger partial charge in [-0.05, 0) is 18.2 Å². The molecule has 0 aliphatic carbocycles. The van der Waals surface area contributed by atoms with E-state index in [2.05, 4.69) is 20.2 Å². The second-order valence-electron chi connectivity index (χ2n) is 5.38. The zero-order valence-electron chi connectivity index (χ0n) is 12.6. The fourth-order valence-corrected chi connectivity index (χ4v) is 2.51. The SMILES string of the molecule is O=C(NCCN1CCOCC1)c1ccc2[nH]c(=O)c(=O)[nH]c2c1. The molecule has 1 amide bonds. The number of amides is 1. The van der Waals surface area contributed by atoms with Crippen LogP contribution in [0.3, 0.4) is 0 Å². The molecule has 0 unspecified atom stereocenters. The largest absolute Gasteiger partial charge is 0.379 e. The van der Waals surface area contributed by atoms with Gasteiger partial charge in [0.25, 0.3) is 5.91 Å². The monoisotopic (exact) mass is 318 g/mol. The van der Waals surface area contributed by atoms with Crippen molar-refractivity contribution in [2.75, 3.05) is 39.4 Å². The highest BCUT2D eigenvalue weighted by Crippen LogP contribution is 2.09. The molecule has 0 radical (unpaired) electrons. The summed E-state index contributed by atoms with van der Waals surface area (Å²) in [5.41, 5.74) is -0.0975. The Morgan fingerprint density at radius 2 is 1.83 bits per heavy atom. The van der Waals surface area contributed by atoms with Crippen molar-refractivity contribution in [2.24, 2.45) is 0 Å². The summed E-state index contributed by atoms with van der Waals surface area (Å²) in [6.07, 6.45) is 0. The molecule has 0 spiro atoms. The molecule has 0 atom stereocenters. The molecule has 2 aromatic rings. The van der Waals surface area contributed by atoms with E-state index in [-0.39, 0.29) is 5.91 Å². The number of carbonyl (C=O) groups excluding carboxylic acids is 1. The van der Waals surface area contributed by atoms with Crippen molar-refractivity contribution in [3.63, 3.8) is 0 Å². The minimum atomic E-state index is -0.734. The molecule has 122 valence electrons. The average molecular weight is 318 g/mol. The number of ether oxygens (including phenoxy) is 1. The van der Waals surface area contributed by atoms with Gasteiger partial charge < -0.3 is 20.0 Å². The average Bonchev–Trinajstić information content (AvgIpc) is 2.56. The fourth-order valence-electron chi connectivity index (χ4n) is 2.51. The van der Waals surface area contributed by atoms with Crippen molar-refractivity contribution >= 4 is 16.9 Å². The summed E-state index contributed by atoms with van der Waals surface area (Å²) in [4.78, 5) is 41.9. The van der Waals surface area contributed by atoms with Crippen LogP contribution in [0.15, 0.2) is 27.8 Å². The molecule has 3 N–H and O–H groups in total. The van der Waals surface area contributed by atoms with E-state index in [0.717, 1.165) is 32.8 Å². The van der Waals surface area contributed by atoms with Crippen LogP contribution in [-0.2, 0) is 4.74 Å². The van der Waals surface area contributed by atoms with Gasteiger partial charge in [0.1, 0.15) is 0 Å². The highest BCUT2D eigenvalue weighted by Gasteiger charge is 2.11. The number of hydrogen-bond acceptors (Lipinski definition) is 5. The molecular weight excluding hydrogens is 300 g/mol. The Hall–Kier alpha value is -2.45. The van der Waals surface area contributed by atoms with Crippen molar-refractivity contribution in [3.05, 3.63) is 44.5 Å². The van der Waals surface area contributed by atoms with E-state index in [0.29, 0.717) is 23.1 Å². The number of nitrogens with zero attached hydrogens (tertiary/aromatic N) is 1. The summed E-state index contributed by atoms with van der Waals surface area (Å²) < 4.78 is 5.27. The summed E-state index contributed by atoms with van der Waals surface area (Å²) in [5.74, 6) is -0.216. The van der Waals surface area contributed by atoms with Crippen LogP contribution in [-0.4, -0.2) is 60.2 Å². The van der Waals surface area contributed by atoms with Gasteiger partial charge in [-0.15, -0.1) is 0 Å². The summed E-state index contributed by atoms with van der Waals surface area (Å²) in [6.45, 7) is 4.51. The normalized spacial score (nSPS) is 15.7. The summed E-state index contributed by atoms with van der Waals surface area (Å²) in [6, 6.07) is 4.76. The van der Waals surface area contributed by atoms with Crippen molar-refractivity contribution < 1.29 is 9.53 Å². The zero-order valence-corrected chi connectivity index (χ0v) is 12.6. The van der Waals surface area contributed by atoms with Crippen molar-refractivity contribution in [1.82, 2.24) is 20.2 Å². The Morgan fingerprint density at radius 1 is 1.13 bits per heavy atom. The molecule has 23 heavy (non-hydrogen) atoms. The Morgan fingerprint density at radius 3 is 2.57 bits per heavy atom. The predicted molar refractivity (Wildman–Crippen MR) is 84.8 cm³/mol. The molecule has 8 nitrogen and oxygen atoms in total. The van der Waals surface area contributed by atoms with Crippen LogP contribution in [0.5, 0.6) is 0 Å². The summed E-state index contributed by atoms with van der Waals surface area (Å²) in [5, 5.41) is 2.85. The number of fused-ring (bicyclic) bond motifs is 1. The second-order valence-corrected chi connectivity index (χ2v) is 5.38. The molecule has 3 rings (SSSR count). The predicted octanol–water partition coefficient (Wildman–Crippen LogP) is -0.722. The standard InChI is InChI=1S/C15H18N4O4/c20-13(16-3-4-19-5-7-23-8-6-19)10-1-2-11-12(9-10)18-15(22)14(21)17-11/h1-2,9H,3-8H2,(H,16,20)(H,17,21)(H,18,22). The van der Waals surface area contributed by atoms with E-state index in [9.17, 15) is 14.4 Å². The number of aromatic amines is 2. The third kappa shape index (κ3) is 3.66. The van der Waals surface area contributed by atoms with Gasteiger partial charge >= 0.3 is 11.1 Å². The highest BCUT2D eigenvalue weighted by molar-refractivity contribution is 5.97. The van der Waals surface area contributed by atoms with Gasteiger partial charge in [0.15, 0.2) is 0 Å². The quantitative estimate of drug-likeness (QED) is 0.645. The Balaban J connectivity index is 1.64. The Bertz CT molecular complexity index is 820. The highest BCUT2D eigenvalue weighted by atomic mass is 16.5. The Kier molecular flexibility index (Phi) is 4.54. The first-order chi connectivity index (χ1) is 11.1. The van der Waals surface area contributed by atoms with Crippen LogP contribution in [0.25, 0.3) is 11.0 Å². The molecule has 1 aromatic carbocycles. The van der Waals surface area contributed by atoms with E-state index < -0.39 is 11.1 Å². The number of nitrogens with one attached hydrogen (secondary N) is 3. The van der Waals surface area contributed by atoms with Gasteiger partial charge in [0.05, 0.1) is 24.2 Å². The number of aromatic nitrogens is 2. The Labute approximate surface area is 131 Å². The molecule has 1 aliphatic heterocycles. The smallest absolute Gasteiger partial charge is 0.314 e. The van der Waals surface area contributed by atoms with Gasteiger partial charge in [-0.25, -0.2) is 0 Å². The zero-order chi connectivity index (χ0) is 16.2. The van der Waals surface area contributed by atoms with Crippen LogP contribution in [0.2, 0.25) is 0 Å². The van der Waals surface area contributed by atoms with Gasteiger partial charge in [-0.1, -0.05) is 0 Å². The van der Waals surface area contributed by atoms with E-state index in [1.807, 2.05) is 0 Å². The molecule has 1 aromatic heterocycles. The molecule has 1 fully saturated rings. The maximum absolute atomic E-state index is 12.2. The number of H-pyrrole nitrogens is 2. The molecule has 2 heterocycles. The van der Waals surface area contributed by atoms with Gasteiger partial charge in [-0.2, -0.15) is 0 Å². The van der Waals surface area contributed by atoms with Crippen molar-refractivity contribution in [3.8, 4) is 0 Å². The second kappa shape index (κ2) is 6.76. The third-order valence-corrected chi connectivity index (χ3v) is 3.80. The van der Waals surface area contributed by atoms with Crippen LogP contribution in [0.4, 0.5) is 0 Å². The fraction of sp³-hybridized carbons (Fsp3) is 0.400. The van der Waals surface area contributed by atoms with Crippen LogP contribution in [0, 0.1) is 0 Å². The first-order valence-electron chi connectivity index (χ1n) is 7.48. The molecule has 1 aliphatic rings. The van der Waals surface area contributed by atoms with Gasteiger partial charge in [0.2, 0.25) is 0 Å². The first-order valence-corrected chi connectivity index (χ1v) is 7.48. The van der Waals surface area contributed by atoms with E-state index >= 15 is 0 Å². The lowest BCUT2D eigenvalue weighted by Crippen LogP contribution is -2.41. The van der Waals surface area contributed by atoms with E-state index in [4.69, 9.17) is 4.74 Å². The van der Waals surface area contributed by atoms with E-state index in [1.165, 1.54) is 0 Å². The topological polar surface area (TPSA) is 107 Å². The summed E-state index contributed by atoms with van der Waals surface area (Å²) in [7, 11) is 0. The number of benzene rings is 1. The molecule has 0 bridgehead atoms. The molecule has 1 saturated heterocycles. The maximum atomic E-state index is 12.2. The third-order valence-electron chi connectivity index (χ3n) is 3.80. The lowest BCUT2D eigenvalue weighted by Gasteiger charge is -2.26. The van der Waals surface area contributed by atoms with Crippen molar-refractivity contribution in [2.45, 2.75) is 0 Å². The number of rotatable bonds is 4. The van der Waals surface area contributed by atoms with Gasteiger partial charge in [-0.3, -0.25) is 19.3 Å². The number of carbonyl (C=O) groups is 1. The minimum Gasteiger partial charge on any atom is -0.379 e. The van der Waals surface area contributed by atoms with Gasteiger partial charge in [0, 0.05) is 31.7 Å². The number of hydrogen-bond donors (Lipinski definition) is 3. The van der Waals surface area contributed by atoms with Crippen LogP contribution < -0.4 is 16.4 Å². The minimum absolute atomic E-state index is 0.216. The first kappa shape index (κ1) is 15.4. The van der Waals surface area contributed by atoms with Crippen molar-refractivity contribution in [1.29, 1.82) is 0 Å². The molecule has 8 heteroatoms.